The first-order valence-electron chi connectivity index (χ1n) is 7.22. The Morgan fingerprint density at radius 1 is 1.05 bits per heavy atom. The van der Waals surface area contributed by atoms with E-state index in [-0.39, 0.29) is 0 Å². The van der Waals surface area contributed by atoms with Crippen molar-refractivity contribution in [2.24, 2.45) is 0 Å². The highest BCUT2D eigenvalue weighted by Crippen LogP contribution is 2.32. The minimum atomic E-state index is -4.37. The van der Waals surface area contributed by atoms with Crippen molar-refractivity contribution in [3.05, 3.63) is 42.2 Å². The Bertz CT molecular complexity index is 559. The Labute approximate surface area is 122 Å². The number of halogens is 3. The van der Waals surface area contributed by atoms with Crippen molar-refractivity contribution in [1.29, 1.82) is 0 Å². The Morgan fingerprint density at radius 2 is 1.76 bits per heavy atom. The summed E-state index contributed by atoms with van der Waals surface area (Å²) in [6.07, 6.45) is 0.318. The molecule has 2 aromatic rings. The summed E-state index contributed by atoms with van der Waals surface area (Å²) in [6, 6.07) is 9.01. The van der Waals surface area contributed by atoms with Crippen LogP contribution in [0.25, 0.3) is 11.4 Å². The SMILES string of the molecule is CCCCCCn1c(C(F)(F)F)cnc1-c1ccccc1. The molecule has 0 spiro atoms. The minimum absolute atomic E-state index is 0.346. The third-order valence-corrected chi connectivity index (χ3v) is 3.41. The maximum Gasteiger partial charge on any atom is 0.433 e. The molecule has 0 saturated heterocycles. The van der Waals surface area contributed by atoms with Crippen LogP contribution in [0.2, 0.25) is 0 Å². The summed E-state index contributed by atoms with van der Waals surface area (Å²) in [4.78, 5) is 3.99. The molecule has 0 atom stereocenters. The molecular formula is C16H19F3N2. The maximum absolute atomic E-state index is 13.1. The van der Waals surface area contributed by atoms with Crippen LogP contribution >= 0.6 is 0 Å². The van der Waals surface area contributed by atoms with Crippen LogP contribution in [0, 0.1) is 0 Å². The smallest absolute Gasteiger partial charge is 0.320 e. The number of rotatable bonds is 6. The highest BCUT2D eigenvalue weighted by molar-refractivity contribution is 5.56. The molecule has 0 fully saturated rings. The van der Waals surface area contributed by atoms with E-state index in [9.17, 15) is 13.2 Å². The van der Waals surface area contributed by atoms with Crippen LogP contribution in [0.5, 0.6) is 0 Å². The number of hydrogen-bond donors (Lipinski definition) is 0. The average molecular weight is 296 g/mol. The standard InChI is InChI=1S/C16H19F3N2/c1-2-3-4-8-11-21-14(16(17,18)19)12-20-15(21)13-9-6-5-7-10-13/h5-7,9-10,12H,2-4,8,11H2,1H3. The van der Waals surface area contributed by atoms with Gasteiger partial charge in [-0.1, -0.05) is 56.5 Å². The molecule has 2 nitrogen and oxygen atoms in total. The molecule has 0 aliphatic rings. The summed E-state index contributed by atoms with van der Waals surface area (Å²) in [6.45, 7) is 2.42. The molecule has 2 rings (SSSR count). The van der Waals surface area contributed by atoms with E-state index in [0.717, 1.165) is 31.9 Å². The highest BCUT2D eigenvalue weighted by Gasteiger charge is 2.36. The van der Waals surface area contributed by atoms with Gasteiger partial charge in [0.25, 0.3) is 0 Å². The first kappa shape index (κ1) is 15.6. The quantitative estimate of drug-likeness (QED) is 0.674. The van der Waals surface area contributed by atoms with Gasteiger partial charge in [0.05, 0.1) is 6.20 Å². The van der Waals surface area contributed by atoms with Crippen molar-refractivity contribution in [1.82, 2.24) is 9.55 Å². The van der Waals surface area contributed by atoms with E-state index in [0.29, 0.717) is 17.9 Å². The first-order valence-corrected chi connectivity index (χ1v) is 7.22. The fraction of sp³-hybridized carbons (Fsp3) is 0.438. The van der Waals surface area contributed by atoms with E-state index in [1.165, 1.54) is 4.57 Å². The molecule has 114 valence electrons. The molecule has 0 saturated carbocycles. The van der Waals surface area contributed by atoms with Crippen molar-refractivity contribution in [2.45, 2.75) is 45.3 Å². The largest absolute Gasteiger partial charge is 0.433 e. The van der Waals surface area contributed by atoms with Gasteiger partial charge in [0, 0.05) is 12.1 Å². The molecule has 0 radical (unpaired) electrons. The summed E-state index contributed by atoms with van der Waals surface area (Å²) in [5, 5.41) is 0. The summed E-state index contributed by atoms with van der Waals surface area (Å²) in [5.41, 5.74) is 0.0429. The Morgan fingerprint density at radius 3 is 2.38 bits per heavy atom. The van der Waals surface area contributed by atoms with Gasteiger partial charge in [-0.15, -0.1) is 0 Å². The topological polar surface area (TPSA) is 17.8 Å². The number of unbranched alkanes of at least 4 members (excludes halogenated alkanes) is 3. The maximum atomic E-state index is 13.1. The normalized spacial score (nSPS) is 11.8. The average Bonchev–Trinajstić information content (AvgIpc) is 2.88. The van der Waals surface area contributed by atoms with E-state index in [1.807, 2.05) is 6.07 Å². The number of hydrogen-bond acceptors (Lipinski definition) is 1. The summed E-state index contributed by atoms with van der Waals surface area (Å²) in [7, 11) is 0. The minimum Gasteiger partial charge on any atom is -0.320 e. The third kappa shape index (κ3) is 3.86. The van der Waals surface area contributed by atoms with Crippen LogP contribution in [0.1, 0.15) is 38.3 Å². The predicted molar refractivity (Wildman–Crippen MR) is 76.8 cm³/mol. The number of benzene rings is 1. The van der Waals surface area contributed by atoms with Crippen LogP contribution < -0.4 is 0 Å². The van der Waals surface area contributed by atoms with Gasteiger partial charge >= 0.3 is 6.18 Å². The van der Waals surface area contributed by atoms with Gasteiger partial charge in [-0.3, -0.25) is 0 Å². The molecule has 0 aliphatic carbocycles. The van der Waals surface area contributed by atoms with Gasteiger partial charge in [0.1, 0.15) is 11.5 Å². The molecule has 5 heteroatoms. The second kappa shape index (κ2) is 6.78. The zero-order valence-electron chi connectivity index (χ0n) is 12.0. The van der Waals surface area contributed by atoms with E-state index in [2.05, 4.69) is 11.9 Å². The Balaban J connectivity index is 2.30. The molecule has 0 bridgehead atoms. The number of alkyl halides is 3. The molecule has 1 aromatic heterocycles. The van der Waals surface area contributed by atoms with E-state index in [1.54, 1.807) is 24.3 Å². The molecule has 0 amide bonds. The molecule has 1 heterocycles. The van der Waals surface area contributed by atoms with Crippen LogP contribution in [0.4, 0.5) is 13.2 Å². The number of imidazole rings is 1. The molecule has 21 heavy (non-hydrogen) atoms. The monoisotopic (exact) mass is 296 g/mol. The van der Waals surface area contributed by atoms with Crippen molar-refractivity contribution in [3.8, 4) is 11.4 Å². The van der Waals surface area contributed by atoms with Gasteiger partial charge in [0.15, 0.2) is 0 Å². The van der Waals surface area contributed by atoms with Gasteiger partial charge in [-0.05, 0) is 6.42 Å². The van der Waals surface area contributed by atoms with Crippen LogP contribution in [-0.2, 0) is 12.7 Å². The van der Waals surface area contributed by atoms with E-state index in [4.69, 9.17) is 0 Å². The highest BCUT2D eigenvalue weighted by atomic mass is 19.4. The van der Waals surface area contributed by atoms with Crippen molar-refractivity contribution in [3.63, 3.8) is 0 Å². The lowest BCUT2D eigenvalue weighted by molar-refractivity contribution is -0.143. The lowest BCUT2D eigenvalue weighted by atomic mass is 10.2. The second-order valence-electron chi connectivity index (χ2n) is 5.04. The lowest BCUT2D eigenvalue weighted by Gasteiger charge is -2.14. The van der Waals surface area contributed by atoms with Crippen LogP contribution in [0.3, 0.4) is 0 Å². The predicted octanol–water partition coefficient (Wildman–Crippen LogP) is 5.15. The van der Waals surface area contributed by atoms with Crippen molar-refractivity contribution < 1.29 is 13.2 Å². The molecular weight excluding hydrogens is 277 g/mol. The molecule has 1 aromatic carbocycles. The van der Waals surface area contributed by atoms with Crippen molar-refractivity contribution >= 4 is 0 Å². The number of nitrogens with zero attached hydrogens (tertiary/aromatic N) is 2. The van der Waals surface area contributed by atoms with Gasteiger partial charge in [0.2, 0.25) is 0 Å². The summed E-state index contributed by atoms with van der Waals surface area (Å²) in [5.74, 6) is 0.388. The lowest BCUT2D eigenvalue weighted by Crippen LogP contribution is -2.14. The summed E-state index contributed by atoms with van der Waals surface area (Å²) >= 11 is 0. The zero-order valence-corrected chi connectivity index (χ0v) is 12.0. The molecule has 0 unspecified atom stereocenters. The van der Waals surface area contributed by atoms with Crippen LogP contribution in [-0.4, -0.2) is 9.55 Å². The van der Waals surface area contributed by atoms with Crippen molar-refractivity contribution in [2.75, 3.05) is 0 Å². The first-order chi connectivity index (χ1) is 10.0. The fourth-order valence-electron chi connectivity index (χ4n) is 2.34. The third-order valence-electron chi connectivity index (χ3n) is 3.41. The molecule has 0 aliphatic heterocycles. The Kier molecular flexibility index (Phi) is 5.04. The van der Waals surface area contributed by atoms with Gasteiger partial charge in [-0.25, -0.2) is 4.98 Å². The molecule has 0 N–H and O–H groups in total. The zero-order chi connectivity index (χ0) is 15.3. The summed E-state index contributed by atoms with van der Waals surface area (Å²) < 4.78 is 40.6. The van der Waals surface area contributed by atoms with E-state index >= 15 is 0 Å². The second-order valence-corrected chi connectivity index (χ2v) is 5.04. The number of aromatic nitrogens is 2. The Hall–Kier alpha value is -1.78. The van der Waals surface area contributed by atoms with E-state index < -0.39 is 11.9 Å². The van der Waals surface area contributed by atoms with Gasteiger partial charge < -0.3 is 4.57 Å². The van der Waals surface area contributed by atoms with Crippen LogP contribution in [0.15, 0.2) is 36.5 Å². The van der Waals surface area contributed by atoms with Gasteiger partial charge in [-0.2, -0.15) is 13.2 Å². The fourth-order valence-corrected chi connectivity index (χ4v) is 2.34.